The molecule has 5 heteroatoms. The molecule has 1 aliphatic rings. The lowest BCUT2D eigenvalue weighted by Gasteiger charge is -2.31. The summed E-state index contributed by atoms with van der Waals surface area (Å²) in [7, 11) is 0. The minimum atomic E-state index is -0.423. The summed E-state index contributed by atoms with van der Waals surface area (Å²) in [5.41, 5.74) is 0.964. The first-order valence-electron chi connectivity index (χ1n) is 6.29. The SMILES string of the molecule is CC1CNC(=O)C(CC#N)N(c2ccccc2Br)C1. The van der Waals surface area contributed by atoms with E-state index in [1.807, 2.05) is 29.2 Å². The van der Waals surface area contributed by atoms with Crippen LogP contribution >= 0.6 is 15.9 Å². The highest BCUT2D eigenvalue weighted by atomic mass is 79.9. The van der Waals surface area contributed by atoms with Crippen LogP contribution in [-0.4, -0.2) is 25.0 Å². The summed E-state index contributed by atoms with van der Waals surface area (Å²) in [4.78, 5) is 14.2. The van der Waals surface area contributed by atoms with Crippen LogP contribution in [0.25, 0.3) is 0 Å². The Morgan fingerprint density at radius 2 is 2.26 bits per heavy atom. The quantitative estimate of drug-likeness (QED) is 0.909. The molecule has 0 radical (unpaired) electrons. The standard InChI is InChI=1S/C14H16BrN3O/c1-10-8-17-14(19)13(6-7-16)18(9-10)12-5-3-2-4-11(12)15/h2-5,10,13H,6,8-9H2,1H3,(H,17,19). The number of benzene rings is 1. The summed E-state index contributed by atoms with van der Waals surface area (Å²) in [6.07, 6.45) is 0.194. The second-order valence-electron chi connectivity index (χ2n) is 4.83. The van der Waals surface area contributed by atoms with Crippen molar-refractivity contribution >= 4 is 27.5 Å². The molecule has 0 aromatic heterocycles. The van der Waals surface area contributed by atoms with Gasteiger partial charge in [0.1, 0.15) is 6.04 Å². The molecule has 100 valence electrons. The van der Waals surface area contributed by atoms with E-state index in [0.717, 1.165) is 16.7 Å². The Balaban J connectivity index is 2.39. The van der Waals surface area contributed by atoms with Crippen molar-refractivity contribution in [3.8, 4) is 6.07 Å². The highest BCUT2D eigenvalue weighted by Gasteiger charge is 2.31. The van der Waals surface area contributed by atoms with Crippen LogP contribution in [0.3, 0.4) is 0 Å². The Hall–Kier alpha value is -1.54. The fourth-order valence-corrected chi connectivity index (χ4v) is 2.81. The molecule has 1 aliphatic heterocycles. The Bertz CT molecular complexity index is 512. The van der Waals surface area contributed by atoms with Gasteiger partial charge in [-0.2, -0.15) is 5.26 Å². The number of amides is 1. The number of nitrogens with zero attached hydrogens (tertiary/aromatic N) is 2. The van der Waals surface area contributed by atoms with Gasteiger partial charge < -0.3 is 10.2 Å². The Morgan fingerprint density at radius 3 is 2.95 bits per heavy atom. The van der Waals surface area contributed by atoms with Gasteiger partial charge in [-0.05, 0) is 34.0 Å². The van der Waals surface area contributed by atoms with Gasteiger partial charge in [-0.3, -0.25) is 4.79 Å². The summed E-state index contributed by atoms with van der Waals surface area (Å²) in [6.45, 7) is 3.51. The first-order valence-corrected chi connectivity index (χ1v) is 7.08. The van der Waals surface area contributed by atoms with Gasteiger partial charge in [0.15, 0.2) is 0 Å². The van der Waals surface area contributed by atoms with Crippen molar-refractivity contribution in [2.45, 2.75) is 19.4 Å². The predicted octanol–water partition coefficient (Wildman–Crippen LogP) is 2.30. The van der Waals surface area contributed by atoms with Crippen molar-refractivity contribution < 1.29 is 4.79 Å². The van der Waals surface area contributed by atoms with Gasteiger partial charge >= 0.3 is 0 Å². The Kier molecular flexibility index (Phi) is 4.43. The van der Waals surface area contributed by atoms with E-state index in [1.165, 1.54) is 0 Å². The zero-order chi connectivity index (χ0) is 13.8. The predicted molar refractivity (Wildman–Crippen MR) is 77.7 cm³/mol. The monoisotopic (exact) mass is 321 g/mol. The topological polar surface area (TPSA) is 56.1 Å². The molecule has 1 amide bonds. The lowest BCUT2D eigenvalue weighted by atomic mass is 10.1. The zero-order valence-electron chi connectivity index (χ0n) is 10.8. The number of hydrogen-bond donors (Lipinski definition) is 1. The molecule has 0 bridgehead atoms. The maximum Gasteiger partial charge on any atom is 0.243 e. The zero-order valence-corrected chi connectivity index (χ0v) is 12.4. The van der Waals surface area contributed by atoms with E-state index in [-0.39, 0.29) is 12.3 Å². The summed E-state index contributed by atoms with van der Waals surface area (Å²) in [5.74, 6) is 0.279. The fourth-order valence-electron chi connectivity index (χ4n) is 2.30. The smallest absolute Gasteiger partial charge is 0.243 e. The minimum Gasteiger partial charge on any atom is -0.357 e. The second kappa shape index (κ2) is 6.07. The van der Waals surface area contributed by atoms with Crippen LogP contribution in [0, 0.1) is 17.2 Å². The van der Waals surface area contributed by atoms with Crippen molar-refractivity contribution in [1.29, 1.82) is 5.26 Å². The summed E-state index contributed by atoms with van der Waals surface area (Å²) >= 11 is 3.52. The fraction of sp³-hybridized carbons (Fsp3) is 0.429. The number of anilines is 1. The molecule has 19 heavy (non-hydrogen) atoms. The molecule has 1 aromatic carbocycles. The van der Waals surface area contributed by atoms with Gasteiger partial charge in [-0.15, -0.1) is 0 Å². The van der Waals surface area contributed by atoms with Crippen LogP contribution in [0.4, 0.5) is 5.69 Å². The van der Waals surface area contributed by atoms with Crippen molar-refractivity contribution in [3.63, 3.8) is 0 Å². The summed E-state index contributed by atoms with van der Waals surface area (Å²) in [5, 5.41) is 11.9. The van der Waals surface area contributed by atoms with Crippen LogP contribution in [0.15, 0.2) is 28.7 Å². The molecule has 2 rings (SSSR count). The van der Waals surface area contributed by atoms with Crippen molar-refractivity contribution in [3.05, 3.63) is 28.7 Å². The largest absolute Gasteiger partial charge is 0.357 e. The van der Waals surface area contributed by atoms with Crippen LogP contribution in [0.1, 0.15) is 13.3 Å². The van der Waals surface area contributed by atoms with Gasteiger partial charge in [0.2, 0.25) is 5.91 Å². The first kappa shape index (κ1) is 13.9. The summed E-state index contributed by atoms with van der Waals surface area (Å²) < 4.78 is 0.944. The van der Waals surface area contributed by atoms with E-state index in [2.05, 4.69) is 34.2 Å². The molecule has 2 atom stereocenters. The number of rotatable bonds is 2. The molecule has 1 N–H and O–H groups in total. The molecule has 0 spiro atoms. The minimum absolute atomic E-state index is 0.0679. The van der Waals surface area contributed by atoms with Gasteiger partial charge in [0.05, 0.1) is 18.2 Å². The number of hydrogen-bond acceptors (Lipinski definition) is 3. The van der Waals surface area contributed by atoms with Gasteiger partial charge in [0, 0.05) is 17.6 Å². The average molecular weight is 322 g/mol. The number of nitrogens with one attached hydrogen (secondary N) is 1. The lowest BCUT2D eigenvalue weighted by Crippen LogP contribution is -2.44. The molecule has 4 nitrogen and oxygen atoms in total. The maximum atomic E-state index is 12.1. The molecule has 0 saturated carbocycles. The Morgan fingerprint density at radius 1 is 1.53 bits per heavy atom. The Labute approximate surface area is 121 Å². The van der Waals surface area contributed by atoms with Crippen molar-refractivity contribution in [1.82, 2.24) is 5.32 Å². The average Bonchev–Trinajstić information content (AvgIpc) is 2.53. The third-order valence-electron chi connectivity index (χ3n) is 3.26. The molecular formula is C14H16BrN3O. The van der Waals surface area contributed by atoms with E-state index in [1.54, 1.807) is 0 Å². The van der Waals surface area contributed by atoms with Crippen LogP contribution in [0.2, 0.25) is 0 Å². The maximum absolute atomic E-state index is 12.1. The third-order valence-corrected chi connectivity index (χ3v) is 3.93. The number of carbonyl (C=O) groups excluding carboxylic acids is 1. The van der Waals surface area contributed by atoms with E-state index in [4.69, 9.17) is 5.26 Å². The first-order chi connectivity index (χ1) is 9.13. The van der Waals surface area contributed by atoms with E-state index in [9.17, 15) is 4.79 Å². The number of para-hydroxylation sites is 1. The highest BCUT2D eigenvalue weighted by Crippen LogP contribution is 2.29. The van der Waals surface area contributed by atoms with Crippen LogP contribution < -0.4 is 10.2 Å². The van der Waals surface area contributed by atoms with Crippen LogP contribution in [0.5, 0.6) is 0 Å². The van der Waals surface area contributed by atoms with Gasteiger partial charge in [-0.25, -0.2) is 0 Å². The number of carbonyl (C=O) groups is 1. The van der Waals surface area contributed by atoms with E-state index < -0.39 is 6.04 Å². The highest BCUT2D eigenvalue weighted by molar-refractivity contribution is 9.10. The number of nitriles is 1. The molecular weight excluding hydrogens is 306 g/mol. The normalized spacial score (nSPS) is 23.4. The summed E-state index contributed by atoms with van der Waals surface area (Å²) in [6, 6.07) is 9.49. The molecule has 0 aliphatic carbocycles. The molecule has 1 fully saturated rings. The molecule has 1 heterocycles. The van der Waals surface area contributed by atoms with Gasteiger partial charge in [-0.1, -0.05) is 19.1 Å². The lowest BCUT2D eigenvalue weighted by molar-refractivity contribution is -0.122. The second-order valence-corrected chi connectivity index (χ2v) is 5.69. The van der Waals surface area contributed by atoms with Crippen molar-refractivity contribution in [2.75, 3.05) is 18.0 Å². The third kappa shape index (κ3) is 3.07. The van der Waals surface area contributed by atoms with E-state index >= 15 is 0 Å². The van der Waals surface area contributed by atoms with Gasteiger partial charge in [0.25, 0.3) is 0 Å². The number of halogens is 1. The molecule has 1 aromatic rings. The molecule has 1 saturated heterocycles. The molecule has 2 unspecified atom stereocenters. The van der Waals surface area contributed by atoms with Crippen molar-refractivity contribution in [2.24, 2.45) is 5.92 Å². The van der Waals surface area contributed by atoms with E-state index in [0.29, 0.717) is 12.5 Å². The van der Waals surface area contributed by atoms with Crippen LogP contribution in [-0.2, 0) is 4.79 Å².